The lowest BCUT2D eigenvalue weighted by Gasteiger charge is -2.37. The Balaban J connectivity index is 1.95. The second-order valence-electron chi connectivity index (χ2n) is 5.91. The maximum atomic E-state index is 12.7. The highest BCUT2D eigenvalue weighted by molar-refractivity contribution is 5.82. The zero-order valence-corrected chi connectivity index (χ0v) is 11.7. The third-order valence-electron chi connectivity index (χ3n) is 4.29. The van der Waals surface area contributed by atoms with Gasteiger partial charge in [-0.1, -0.05) is 0 Å². The third-order valence-corrected chi connectivity index (χ3v) is 4.29. The van der Waals surface area contributed by atoms with Gasteiger partial charge in [-0.05, 0) is 39.7 Å². The van der Waals surface area contributed by atoms with Crippen LogP contribution in [0.5, 0.6) is 0 Å². The van der Waals surface area contributed by atoms with E-state index in [2.05, 4.69) is 19.2 Å². The first-order valence-corrected chi connectivity index (χ1v) is 7.23. The first-order chi connectivity index (χ1) is 8.65. The minimum atomic E-state index is -0.201. The van der Waals surface area contributed by atoms with E-state index in [-0.39, 0.29) is 5.41 Å². The van der Waals surface area contributed by atoms with Gasteiger partial charge in [-0.3, -0.25) is 4.79 Å². The highest BCUT2D eigenvalue weighted by atomic mass is 16.5. The van der Waals surface area contributed by atoms with Gasteiger partial charge in [0.15, 0.2) is 0 Å². The second kappa shape index (κ2) is 6.02. The zero-order chi connectivity index (χ0) is 13.0. The lowest BCUT2D eigenvalue weighted by atomic mass is 9.81. The Morgan fingerprint density at radius 2 is 2.39 bits per heavy atom. The largest absolute Gasteiger partial charge is 0.381 e. The van der Waals surface area contributed by atoms with Crippen molar-refractivity contribution in [3.63, 3.8) is 0 Å². The molecular formula is C14H26N2O2. The molecule has 2 fully saturated rings. The summed E-state index contributed by atoms with van der Waals surface area (Å²) in [6.07, 6.45) is 3.21. The van der Waals surface area contributed by atoms with Gasteiger partial charge in [0, 0.05) is 32.2 Å². The maximum absolute atomic E-state index is 12.7. The topological polar surface area (TPSA) is 41.6 Å². The number of hydrogen-bond donors (Lipinski definition) is 1. The fourth-order valence-electron chi connectivity index (χ4n) is 3.02. The van der Waals surface area contributed by atoms with Crippen LogP contribution in [0.1, 0.15) is 33.1 Å². The van der Waals surface area contributed by atoms with Crippen molar-refractivity contribution in [3.05, 3.63) is 0 Å². The Kier molecular flexibility index (Phi) is 4.62. The van der Waals surface area contributed by atoms with Crippen LogP contribution in [0.3, 0.4) is 0 Å². The smallest absolute Gasteiger partial charge is 0.229 e. The number of rotatable bonds is 4. The Hall–Kier alpha value is -0.610. The van der Waals surface area contributed by atoms with E-state index < -0.39 is 0 Å². The molecule has 2 rings (SSSR count). The molecule has 2 aliphatic heterocycles. The standard InChI is InChI=1S/C14H26N2O2/c1-3-16(9-12-5-8-18-10-12)13(17)14(2)6-4-7-15-11-14/h12,15H,3-11H2,1-2H3. The average molecular weight is 254 g/mol. The normalized spacial score (nSPS) is 32.4. The fraction of sp³-hybridized carbons (Fsp3) is 0.929. The third kappa shape index (κ3) is 3.04. The predicted octanol–water partition coefficient (Wildman–Crippen LogP) is 1.26. The molecule has 2 aliphatic rings. The van der Waals surface area contributed by atoms with Crippen molar-refractivity contribution < 1.29 is 9.53 Å². The van der Waals surface area contributed by atoms with Gasteiger partial charge in [-0.2, -0.15) is 0 Å². The molecule has 104 valence electrons. The number of piperidine rings is 1. The Labute approximate surface area is 110 Å². The van der Waals surface area contributed by atoms with Crippen molar-refractivity contribution in [1.29, 1.82) is 0 Å². The van der Waals surface area contributed by atoms with Crippen LogP contribution in [0.25, 0.3) is 0 Å². The summed E-state index contributed by atoms with van der Waals surface area (Å²) in [7, 11) is 0. The maximum Gasteiger partial charge on any atom is 0.229 e. The summed E-state index contributed by atoms with van der Waals surface area (Å²) in [5, 5.41) is 3.36. The van der Waals surface area contributed by atoms with Crippen LogP contribution in [0, 0.1) is 11.3 Å². The van der Waals surface area contributed by atoms with E-state index in [9.17, 15) is 4.79 Å². The van der Waals surface area contributed by atoms with Gasteiger partial charge in [-0.25, -0.2) is 0 Å². The van der Waals surface area contributed by atoms with Gasteiger partial charge in [-0.15, -0.1) is 0 Å². The van der Waals surface area contributed by atoms with Crippen molar-refractivity contribution in [1.82, 2.24) is 10.2 Å². The predicted molar refractivity (Wildman–Crippen MR) is 71.4 cm³/mol. The average Bonchev–Trinajstić information content (AvgIpc) is 2.89. The van der Waals surface area contributed by atoms with Gasteiger partial charge in [0.1, 0.15) is 0 Å². The molecule has 18 heavy (non-hydrogen) atoms. The number of carbonyl (C=O) groups excluding carboxylic acids is 1. The van der Waals surface area contributed by atoms with E-state index in [0.29, 0.717) is 11.8 Å². The van der Waals surface area contributed by atoms with E-state index >= 15 is 0 Å². The molecule has 4 nitrogen and oxygen atoms in total. The molecule has 0 aromatic heterocycles. The summed E-state index contributed by atoms with van der Waals surface area (Å²) in [5.41, 5.74) is -0.201. The van der Waals surface area contributed by atoms with Crippen LogP contribution in [0.4, 0.5) is 0 Å². The number of hydrogen-bond acceptors (Lipinski definition) is 3. The summed E-state index contributed by atoms with van der Waals surface area (Å²) < 4.78 is 5.40. The number of nitrogens with zero attached hydrogens (tertiary/aromatic N) is 1. The summed E-state index contributed by atoms with van der Waals surface area (Å²) in [6.45, 7) is 9.40. The lowest BCUT2D eigenvalue weighted by Crippen LogP contribution is -2.51. The van der Waals surface area contributed by atoms with E-state index in [1.54, 1.807) is 0 Å². The quantitative estimate of drug-likeness (QED) is 0.821. The van der Waals surface area contributed by atoms with Gasteiger partial charge in [0.2, 0.25) is 5.91 Å². The zero-order valence-electron chi connectivity index (χ0n) is 11.7. The van der Waals surface area contributed by atoms with Crippen molar-refractivity contribution in [3.8, 4) is 0 Å². The molecule has 1 amide bonds. The van der Waals surface area contributed by atoms with Crippen LogP contribution in [0.2, 0.25) is 0 Å². The van der Waals surface area contributed by atoms with Crippen LogP contribution < -0.4 is 5.32 Å². The van der Waals surface area contributed by atoms with Gasteiger partial charge in [0.05, 0.1) is 12.0 Å². The summed E-state index contributed by atoms with van der Waals surface area (Å²) in [6, 6.07) is 0. The second-order valence-corrected chi connectivity index (χ2v) is 5.91. The molecule has 0 spiro atoms. The van der Waals surface area contributed by atoms with Crippen LogP contribution in [-0.4, -0.2) is 50.2 Å². The Morgan fingerprint density at radius 1 is 1.56 bits per heavy atom. The highest BCUT2D eigenvalue weighted by Crippen LogP contribution is 2.28. The van der Waals surface area contributed by atoms with Crippen molar-refractivity contribution in [2.24, 2.45) is 11.3 Å². The van der Waals surface area contributed by atoms with Crippen molar-refractivity contribution in [2.75, 3.05) is 39.4 Å². The number of carbonyl (C=O) groups is 1. The molecule has 2 heterocycles. The van der Waals surface area contributed by atoms with Crippen molar-refractivity contribution >= 4 is 5.91 Å². The molecule has 0 aromatic carbocycles. The molecule has 0 saturated carbocycles. The SMILES string of the molecule is CCN(CC1CCOC1)C(=O)C1(C)CCCNC1. The van der Waals surface area contributed by atoms with Crippen LogP contribution in [-0.2, 0) is 9.53 Å². The molecule has 2 unspecified atom stereocenters. The lowest BCUT2D eigenvalue weighted by molar-refractivity contribution is -0.142. The molecule has 0 bridgehead atoms. The summed E-state index contributed by atoms with van der Waals surface area (Å²) >= 11 is 0. The molecular weight excluding hydrogens is 228 g/mol. The minimum absolute atomic E-state index is 0.201. The molecule has 2 atom stereocenters. The molecule has 2 saturated heterocycles. The molecule has 1 N–H and O–H groups in total. The molecule has 0 aliphatic carbocycles. The van der Waals surface area contributed by atoms with E-state index in [4.69, 9.17) is 4.74 Å². The summed E-state index contributed by atoms with van der Waals surface area (Å²) in [4.78, 5) is 14.7. The number of ether oxygens (including phenoxy) is 1. The first kappa shape index (κ1) is 13.8. The number of amides is 1. The van der Waals surface area contributed by atoms with E-state index in [1.165, 1.54) is 0 Å². The van der Waals surface area contributed by atoms with Crippen LogP contribution in [0.15, 0.2) is 0 Å². The van der Waals surface area contributed by atoms with Gasteiger partial charge in [0.25, 0.3) is 0 Å². The Morgan fingerprint density at radius 3 is 2.94 bits per heavy atom. The summed E-state index contributed by atoms with van der Waals surface area (Å²) in [5.74, 6) is 0.859. The number of nitrogens with one attached hydrogen (secondary N) is 1. The van der Waals surface area contributed by atoms with Crippen molar-refractivity contribution in [2.45, 2.75) is 33.1 Å². The highest BCUT2D eigenvalue weighted by Gasteiger charge is 2.38. The van der Waals surface area contributed by atoms with Gasteiger partial charge < -0.3 is 15.0 Å². The van der Waals surface area contributed by atoms with Gasteiger partial charge >= 0.3 is 0 Å². The van der Waals surface area contributed by atoms with Crippen LogP contribution >= 0.6 is 0 Å². The first-order valence-electron chi connectivity index (χ1n) is 7.23. The Bertz CT molecular complexity index is 282. The minimum Gasteiger partial charge on any atom is -0.381 e. The van der Waals surface area contributed by atoms with E-state index in [0.717, 1.165) is 58.7 Å². The molecule has 0 radical (unpaired) electrons. The molecule has 0 aromatic rings. The fourth-order valence-corrected chi connectivity index (χ4v) is 3.02. The van der Waals surface area contributed by atoms with E-state index in [1.807, 2.05) is 4.90 Å². The monoisotopic (exact) mass is 254 g/mol. The molecule has 4 heteroatoms.